The van der Waals surface area contributed by atoms with E-state index < -0.39 is 5.72 Å². The van der Waals surface area contributed by atoms with Gasteiger partial charge in [0.25, 0.3) is 0 Å². The van der Waals surface area contributed by atoms with Crippen LogP contribution >= 0.6 is 0 Å². The van der Waals surface area contributed by atoms with Crippen LogP contribution in [0, 0.1) is 0 Å². The third kappa shape index (κ3) is 4.46. The van der Waals surface area contributed by atoms with E-state index >= 15 is 0 Å². The van der Waals surface area contributed by atoms with E-state index in [9.17, 15) is 14.7 Å². The maximum atomic E-state index is 13.6. The Morgan fingerprint density at radius 3 is 1.59 bits per heavy atom. The zero-order valence-electron chi connectivity index (χ0n) is 22.8. The van der Waals surface area contributed by atoms with Crippen LogP contribution in [0.3, 0.4) is 0 Å². The highest BCUT2D eigenvalue weighted by molar-refractivity contribution is 6.35. The molecule has 0 saturated carbocycles. The highest BCUT2D eigenvalue weighted by atomic mass is 16.3. The first-order valence-electron chi connectivity index (χ1n) is 13.5. The Bertz CT molecular complexity index is 1820. The first-order valence-corrected chi connectivity index (χ1v) is 13.5. The molecule has 41 heavy (non-hydrogen) atoms. The van der Waals surface area contributed by atoms with Crippen LogP contribution in [0.4, 0.5) is 0 Å². The number of allylic oxidation sites excluding steroid dienone is 1. The summed E-state index contributed by atoms with van der Waals surface area (Å²) in [5.41, 5.74) is 3.94. The summed E-state index contributed by atoms with van der Waals surface area (Å²) in [4.78, 5) is 35.6. The maximum absolute atomic E-state index is 13.6. The minimum absolute atomic E-state index is 0.198. The molecule has 1 aliphatic heterocycles. The Kier molecular flexibility index (Phi) is 6.66. The lowest BCUT2D eigenvalue weighted by atomic mass is 9.82. The zero-order valence-corrected chi connectivity index (χ0v) is 22.8. The summed E-state index contributed by atoms with van der Waals surface area (Å²) in [6, 6.07) is 37.7. The molecule has 200 valence electrons. The zero-order chi connectivity index (χ0) is 28.6. The van der Waals surface area contributed by atoms with Gasteiger partial charge in [0.15, 0.2) is 11.6 Å². The van der Waals surface area contributed by atoms with Gasteiger partial charge in [-0.15, -0.1) is 0 Å². The molecule has 0 amide bonds. The number of hydrogen-bond acceptors (Lipinski definition) is 4. The van der Waals surface area contributed by atoms with Gasteiger partial charge < -0.3 is 10.1 Å². The molecule has 1 aliphatic rings. The molecule has 5 nitrogen and oxygen atoms in total. The van der Waals surface area contributed by atoms with E-state index in [1.165, 1.54) is 13.8 Å². The molecule has 0 aliphatic carbocycles. The van der Waals surface area contributed by atoms with Crippen LogP contribution in [0.5, 0.6) is 0 Å². The molecular formula is C36H28N2O3. The molecule has 0 fully saturated rings. The van der Waals surface area contributed by atoms with E-state index in [0.717, 1.165) is 11.1 Å². The van der Waals surface area contributed by atoms with Crippen molar-refractivity contribution in [3.63, 3.8) is 0 Å². The number of benzene rings is 4. The van der Waals surface area contributed by atoms with Gasteiger partial charge in [-0.25, -0.2) is 4.99 Å². The number of nitrogens with one attached hydrogen (secondary N) is 1. The average Bonchev–Trinajstić information content (AvgIpc) is 3.55. The van der Waals surface area contributed by atoms with E-state index in [1.807, 2.05) is 109 Å². The molecule has 6 rings (SSSR count). The summed E-state index contributed by atoms with van der Waals surface area (Å²) >= 11 is 0. The third-order valence-corrected chi connectivity index (χ3v) is 7.41. The molecule has 5 heteroatoms. The number of carbonyl (C=O) groups excluding carboxylic acids is 2. The lowest BCUT2D eigenvalue weighted by Gasteiger charge is -2.26. The fourth-order valence-corrected chi connectivity index (χ4v) is 5.64. The first-order chi connectivity index (χ1) is 19.9. The van der Waals surface area contributed by atoms with Crippen LogP contribution in [-0.2, 0) is 10.5 Å². The molecule has 0 saturated heterocycles. The van der Waals surface area contributed by atoms with Crippen molar-refractivity contribution in [1.82, 2.24) is 4.98 Å². The number of H-pyrrole nitrogens is 1. The highest BCUT2D eigenvalue weighted by Gasteiger charge is 2.47. The van der Waals surface area contributed by atoms with Gasteiger partial charge in [-0.05, 0) is 25.0 Å². The van der Waals surface area contributed by atoms with Crippen molar-refractivity contribution in [2.45, 2.75) is 19.6 Å². The van der Waals surface area contributed by atoms with E-state index in [0.29, 0.717) is 39.4 Å². The standard InChI is InChI=1S/C36H28N2O3/c1-23(39)29-31(34(26-17-9-4-10-18-26)37-33(29)25-15-7-3-8-16-25)32-30(24(2)40)35(27-19-11-5-12-20-27)38-36(32,41)28-21-13-6-14-22-28/h3-22,37,41H,1-2H3. The fraction of sp³-hybridized carbons (Fsp3) is 0.0833. The quantitative estimate of drug-likeness (QED) is 0.215. The smallest absolute Gasteiger partial charge is 0.210 e. The number of aromatic nitrogens is 1. The molecule has 2 heterocycles. The molecule has 1 unspecified atom stereocenters. The molecule has 4 aromatic carbocycles. The van der Waals surface area contributed by atoms with Crippen LogP contribution < -0.4 is 0 Å². The number of Topliss-reactive ketones (excluding diaryl/α,β-unsaturated/α-hetero) is 2. The van der Waals surface area contributed by atoms with E-state index in [-0.39, 0.29) is 22.7 Å². The van der Waals surface area contributed by atoms with Gasteiger partial charge in [0.2, 0.25) is 5.72 Å². The predicted octanol–water partition coefficient (Wildman–Crippen LogP) is 7.24. The molecule has 2 N–H and O–H groups in total. The van der Waals surface area contributed by atoms with Gasteiger partial charge in [0, 0.05) is 22.3 Å². The summed E-state index contributed by atoms with van der Waals surface area (Å²) in [6.45, 7) is 2.99. The summed E-state index contributed by atoms with van der Waals surface area (Å²) in [5.74, 6) is -0.457. The monoisotopic (exact) mass is 536 g/mol. The molecule has 0 bridgehead atoms. The van der Waals surface area contributed by atoms with Crippen molar-refractivity contribution in [3.8, 4) is 22.5 Å². The number of aromatic amines is 1. The Hall–Kier alpha value is -5.13. The fourth-order valence-electron chi connectivity index (χ4n) is 5.64. The number of aliphatic hydroxyl groups is 1. The second kappa shape index (κ2) is 10.5. The Morgan fingerprint density at radius 2 is 1.10 bits per heavy atom. The van der Waals surface area contributed by atoms with Crippen LogP contribution in [-0.4, -0.2) is 27.4 Å². The van der Waals surface area contributed by atoms with Crippen molar-refractivity contribution in [1.29, 1.82) is 0 Å². The highest BCUT2D eigenvalue weighted by Crippen LogP contribution is 2.51. The van der Waals surface area contributed by atoms with Gasteiger partial charge >= 0.3 is 0 Å². The van der Waals surface area contributed by atoms with Crippen LogP contribution in [0.2, 0.25) is 0 Å². The van der Waals surface area contributed by atoms with Crippen LogP contribution in [0.1, 0.15) is 40.9 Å². The van der Waals surface area contributed by atoms with Gasteiger partial charge in [0.05, 0.1) is 28.2 Å². The maximum Gasteiger partial charge on any atom is 0.210 e. The summed E-state index contributed by atoms with van der Waals surface area (Å²) < 4.78 is 0. The van der Waals surface area contributed by atoms with E-state index in [4.69, 9.17) is 4.99 Å². The summed E-state index contributed by atoms with van der Waals surface area (Å²) in [5, 5.41) is 12.7. The SMILES string of the molecule is CC(=O)C1=C(c2c(-c3ccccc3)[nH]c(-c3ccccc3)c2C(C)=O)C(O)(c2ccccc2)N=C1c1ccccc1. The Balaban J connectivity index is 1.79. The lowest BCUT2D eigenvalue weighted by molar-refractivity contribution is -0.113. The van der Waals surface area contributed by atoms with Crippen molar-refractivity contribution in [2.75, 3.05) is 0 Å². The molecule has 1 aromatic heterocycles. The molecule has 0 radical (unpaired) electrons. The van der Waals surface area contributed by atoms with Crippen molar-refractivity contribution in [3.05, 3.63) is 149 Å². The van der Waals surface area contributed by atoms with Gasteiger partial charge in [-0.1, -0.05) is 121 Å². The van der Waals surface area contributed by atoms with Crippen LogP contribution in [0.25, 0.3) is 28.1 Å². The number of rotatable bonds is 7. The van der Waals surface area contributed by atoms with Crippen molar-refractivity contribution < 1.29 is 14.7 Å². The van der Waals surface area contributed by atoms with E-state index in [2.05, 4.69) is 4.98 Å². The number of nitrogens with zero attached hydrogens (tertiary/aromatic N) is 1. The molecule has 1 atom stereocenters. The molecular weight excluding hydrogens is 508 g/mol. The van der Waals surface area contributed by atoms with Crippen molar-refractivity contribution in [2.24, 2.45) is 4.99 Å². The largest absolute Gasteiger partial charge is 0.362 e. The Morgan fingerprint density at radius 1 is 0.634 bits per heavy atom. The minimum atomic E-state index is -1.93. The molecule has 5 aromatic rings. The number of ketones is 2. The third-order valence-electron chi connectivity index (χ3n) is 7.41. The summed E-state index contributed by atoms with van der Waals surface area (Å²) in [7, 11) is 0. The lowest BCUT2D eigenvalue weighted by Crippen LogP contribution is -2.24. The van der Waals surface area contributed by atoms with Gasteiger partial charge in [-0.2, -0.15) is 0 Å². The van der Waals surface area contributed by atoms with Gasteiger partial charge in [0.1, 0.15) is 0 Å². The average molecular weight is 537 g/mol. The second-order valence-electron chi connectivity index (χ2n) is 10.1. The second-order valence-corrected chi connectivity index (χ2v) is 10.1. The molecule has 0 spiro atoms. The number of hydrogen-bond donors (Lipinski definition) is 2. The topological polar surface area (TPSA) is 82.5 Å². The van der Waals surface area contributed by atoms with Crippen LogP contribution in [0.15, 0.2) is 132 Å². The minimum Gasteiger partial charge on any atom is -0.362 e. The van der Waals surface area contributed by atoms with Gasteiger partial charge in [-0.3, -0.25) is 9.59 Å². The Labute approximate surface area is 238 Å². The normalized spacial score (nSPS) is 16.5. The number of aliphatic imine (C=N–C) groups is 1. The van der Waals surface area contributed by atoms with Crippen molar-refractivity contribution >= 4 is 22.9 Å². The predicted molar refractivity (Wildman–Crippen MR) is 163 cm³/mol. The first kappa shape index (κ1) is 26.1. The number of carbonyl (C=O) groups is 2. The van der Waals surface area contributed by atoms with E-state index in [1.54, 1.807) is 12.1 Å². The summed E-state index contributed by atoms with van der Waals surface area (Å²) in [6.07, 6.45) is 0.